The minimum atomic E-state index is 1.13. The molecule has 0 aliphatic rings. The standard InChI is InChI=1S/C11H19N2/c1-2-3-4-5-6-7-8-11-9-12-13-10-11/h9H,2-8H2,1H3,(H,12,13). The van der Waals surface area contributed by atoms with Crippen LogP contribution in [-0.4, -0.2) is 10.2 Å². The molecule has 0 amide bonds. The molecule has 0 bridgehead atoms. The van der Waals surface area contributed by atoms with Gasteiger partial charge in [-0.15, -0.1) is 0 Å². The highest BCUT2D eigenvalue weighted by Gasteiger charge is 1.94. The number of H-pyrrole nitrogens is 1. The average Bonchev–Trinajstić information content (AvgIpc) is 2.63. The number of aromatic nitrogens is 2. The van der Waals surface area contributed by atoms with Gasteiger partial charge >= 0.3 is 0 Å². The predicted molar refractivity (Wildman–Crippen MR) is 54.5 cm³/mol. The summed E-state index contributed by atoms with van der Waals surface area (Å²) in [5.74, 6) is 0. The third-order valence-electron chi connectivity index (χ3n) is 2.30. The minimum absolute atomic E-state index is 1.13. The Balaban J connectivity index is 1.90. The van der Waals surface area contributed by atoms with Crippen molar-refractivity contribution in [2.24, 2.45) is 0 Å². The molecule has 0 aromatic carbocycles. The van der Waals surface area contributed by atoms with Crippen LogP contribution >= 0.6 is 0 Å². The molecule has 0 spiro atoms. The summed E-state index contributed by atoms with van der Waals surface area (Å²) in [4.78, 5) is 0. The molecular formula is C11H19N2. The maximum atomic E-state index is 3.80. The lowest BCUT2D eigenvalue weighted by atomic mass is 10.1. The number of unbranched alkanes of at least 4 members (excludes halogenated alkanes) is 5. The van der Waals surface area contributed by atoms with Gasteiger partial charge < -0.3 is 0 Å². The van der Waals surface area contributed by atoms with Crippen molar-refractivity contribution in [3.63, 3.8) is 0 Å². The molecule has 1 radical (unpaired) electrons. The van der Waals surface area contributed by atoms with Gasteiger partial charge in [0.15, 0.2) is 0 Å². The lowest BCUT2D eigenvalue weighted by Gasteiger charge is -1.98. The maximum absolute atomic E-state index is 3.80. The summed E-state index contributed by atoms with van der Waals surface area (Å²) < 4.78 is 0. The summed E-state index contributed by atoms with van der Waals surface area (Å²) in [5, 5.41) is 6.59. The summed E-state index contributed by atoms with van der Waals surface area (Å²) >= 11 is 0. The van der Waals surface area contributed by atoms with E-state index in [0.717, 1.165) is 6.42 Å². The highest BCUT2D eigenvalue weighted by Crippen LogP contribution is 2.08. The quantitative estimate of drug-likeness (QED) is 0.640. The van der Waals surface area contributed by atoms with E-state index < -0.39 is 0 Å². The zero-order valence-electron chi connectivity index (χ0n) is 8.47. The molecule has 0 unspecified atom stereocenters. The minimum Gasteiger partial charge on any atom is -0.285 e. The molecule has 1 rings (SSSR count). The molecule has 73 valence electrons. The number of rotatable bonds is 7. The van der Waals surface area contributed by atoms with E-state index in [1.807, 2.05) is 6.20 Å². The van der Waals surface area contributed by atoms with Crippen molar-refractivity contribution in [3.8, 4) is 0 Å². The van der Waals surface area contributed by atoms with Gasteiger partial charge in [0.1, 0.15) is 6.20 Å². The van der Waals surface area contributed by atoms with Crippen molar-refractivity contribution in [1.82, 2.24) is 10.2 Å². The van der Waals surface area contributed by atoms with Gasteiger partial charge in [0.25, 0.3) is 0 Å². The second-order valence-electron chi connectivity index (χ2n) is 3.54. The largest absolute Gasteiger partial charge is 0.285 e. The zero-order valence-corrected chi connectivity index (χ0v) is 8.47. The second kappa shape index (κ2) is 6.70. The highest BCUT2D eigenvalue weighted by molar-refractivity contribution is 5.00. The third-order valence-corrected chi connectivity index (χ3v) is 2.30. The fraction of sp³-hybridized carbons (Fsp3) is 0.727. The van der Waals surface area contributed by atoms with Crippen LogP contribution in [-0.2, 0) is 6.42 Å². The van der Waals surface area contributed by atoms with Gasteiger partial charge in [-0.05, 0) is 18.4 Å². The van der Waals surface area contributed by atoms with E-state index in [2.05, 4.69) is 23.3 Å². The molecular weight excluding hydrogens is 160 g/mol. The molecule has 0 saturated carbocycles. The van der Waals surface area contributed by atoms with E-state index in [9.17, 15) is 0 Å². The number of aromatic amines is 1. The van der Waals surface area contributed by atoms with Gasteiger partial charge in [0.2, 0.25) is 0 Å². The van der Waals surface area contributed by atoms with Crippen molar-refractivity contribution in [1.29, 1.82) is 0 Å². The number of hydrogen-bond acceptors (Lipinski definition) is 1. The Morgan fingerprint density at radius 2 is 2.00 bits per heavy atom. The van der Waals surface area contributed by atoms with Crippen molar-refractivity contribution >= 4 is 0 Å². The van der Waals surface area contributed by atoms with Crippen LogP contribution in [0.4, 0.5) is 0 Å². The van der Waals surface area contributed by atoms with Crippen molar-refractivity contribution < 1.29 is 0 Å². The molecule has 0 saturated heterocycles. The average molecular weight is 179 g/mol. The number of hydrogen-bond donors (Lipinski definition) is 1. The molecule has 0 aliphatic carbocycles. The van der Waals surface area contributed by atoms with E-state index >= 15 is 0 Å². The lowest BCUT2D eigenvalue weighted by molar-refractivity contribution is 0.607. The van der Waals surface area contributed by atoms with Gasteiger partial charge in [-0.3, -0.25) is 5.10 Å². The first-order valence-electron chi connectivity index (χ1n) is 5.34. The van der Waals surface area contributed by atoms with Crippen LogP contribution in [0.15, 0.2) is 6.20 Å². The molecule has 1 aromatic heterocycles. The molecule has 0 fully saturated rings. The molecule has 0 atom stereocenters. The molecule has 2 nitrogen and oxygen atoms in total. The zero-order chi connectivity index (χ0) is 9.36. The summed E-state index contributed by atoms with van der Waals surface area (Å²) in [7, 11) is 0. The van der Waals surface area contributed by atoms with Crippen molar-refractivity contribution in [2.75, 3.05) is 0 Å². The SMILES string of the molecule is CCCCCCCCc1[c]n[nH]c1. The van der Waals surface area contributed by atoms with E-state index in [1.165, 1.54) is 44.1 Å². The number of aryl methyl sites for hydroxylation is 1. The van der Waals surface area contributed by atoms with E-state index in [1.54, 1.807) is 0 Å². The fourth-order valence-electron chi connectivity index (χ4n) is 1.47. The molecule has 1 heterocycles. The smallest absolute Gasteiger partial charge is 0.116 e. The van der Waals surface area contributed by atoms with Crippen LogP contribution in [0.1, 0.15) is 51.0 Å². The van der Waals surface area contributed by atoms with Gasteiger partial charge in [-0.1, -0.05) is 39.0 Å². The first kappa shape index (κ1) is 10.3. The van der Waals surface area contributed by atoms with Crippen LogP contribution in [0.3, 0.4) is 0 Å². The number of nitrogens with zero attached hydrogens (tertiary/aromatic N) is 1. The van der Waals surface area contributed by atoms with E-state index in [4.69, 9.17) is 0 Å². The third kappa shape index (κ3) is 4.71. The van der Waals surface area contributed by atoms with Crippen molar-refractivity contribution in [2.45, 2.75) is 51.9 Å². The van der Waals surface area contributed by atoms with E-state index in [-0.39, 0.29) is 0 Å². The fourth-order valence-corrected chi connectivity index (χ4v) is 1.47. The molecule has 1 aromatic rings. The van der Waals surface area contributed by atoms with Crippen LogP contribution < -0.4 is 0 Å². The Morgan fingerprint density at radius 3 is 2.69 bits per heavy atom. The molecule has 2 heteroatoms. The number of nitrogens with one attached hydrogen (secondary N) is 1. The summed E-state index contributed by atoms with van der Waals surface area (Å²) in [6.07, 6.45) is 14.1. The Bertz CT molecular complexity index is 192. The van der Waals surface area contributed by atoms with Gasteiger partial charge in [-0.25, -0.2) is 0 Å². The first-order chi connectivity index (χ1) is 6.43. The Kier molecular flexibility index (Phi) is 5.30. The van der Waals surface area contributed by atoms with Crippen molar-refractivity contribution in [3.05, 3.63) is 18.0 Å². The Morgan fingerprint density at radius 1 is 1.23 bits per heavy atom. The highest BCUT2D eigenvalue weighted by atomic mass is 15.1. The summed E-state index contributed by atoms with van der Waals surface area (Å²) in [6, 6.07) is 0. The lowest BCUT2D eigenvalue weighted by Crippen LogP contribution is -1.83. The summed E-state index contributed by atoms with van der Waals surface area (Å²) in [6.45, 7) is 2.25. The summed E-state index contributed by atoms with van der Waals surface area (Å²) in [5.41, 5.74) is 1.22. The van der Waals surface area contributed by atoms with Crippen LogP contribution in [0.25, 0.3) is 0 Å². The molecule has 0 aliphatic heterocycles. The van der Waals surface area contributed by atoms with Crippen LogP contribution in [0.5, 0.6) is 0 Å². The molecule has 1 N–H and O–H groups in total. The van der Waals surface area contributed by atoms with Crippen LogP contribution in [0, 0.1) is 6.20 Å². The maximum Gasteiger partial charge on any atom is 0.116 e. The topological polar surface area (TPSA) is 28.7 Å². The normalized spacial score (nSPS) is 10.5. The predicted octanol–water partition coefficient (Wildman–Crippen LogP) is 3.11. The first-order valence-corrected chi connectivity index (χ1v) is 5.34. The monoisotopic (exact) mass is 179 g/mol. The Hall–Kier alpha value is -0.790. The second-order valence-corrected chi connectivity index (χ2v) is 3.54. The Labute approximate surface area is 80.7 Å². The van der Waals surface area contributed by atoms with Crippen LogP contribution in [0.2, 0.25) is 0 Å². The van der Waals surface area contributed by atoms with Gasteiger partial charge in [0.05, 0.1) is 0 Å². The molecule has 13 heavy (non-hydrogen) atoms. The van der Waals surface area contributed by atoms with E-state index in [0.29, 0.717) is 0 Å². The van der Waals surface area contributed by atoms with Gasteiger partial charge in [0, 0.05) is 6.20 Å². The van der Waals surface area contributed by atoms with Gasteiger partial charge in [-0.2, -0.15) is 5.10 Å².